The molecular formula is C22H21FN10O2. The number of halogens is 1. The fourth-order valence-corrected chi connectivity index (χ4v) is 3.83. The molecule has 0 aliphatic carbocycles. The second-order valence-electron chi connectivity index (χ2n) is 7.80. The van der Waals surface area contributed by atoms with Gasteiger partial charge in [0.1, 0.15) is 40.6 Å². The first-order valence-corrected chi connectivity index (χ1v) is 10.8. The van der Waals surface area contributed by atoms with Gasteiger partial charge in [0.15, 0.2) is 11.5 Å². The normalized spacial score (nSPS) is 12.2. The van der Waals surface area contributed by atoms with Crippen LogP contribution < -0.4 is 16.6 Å². The van der Waals surface area contributed by atoms with Crippen LogP contribution in [0, 0.1) is 12.7 Å². The van der Waals surface area contributed by atoms with Gasteiger partial charge in [-0.25, -0.2) is 19.3 Å². The van der Waals surface area contributed by atoms with Gasteiger partial charge in [-0.3, -0.25) is 14.0 Å². The van der Waals surface area contributed by atoms with Gasteiger partial charge in [-0.15, -0.1) is 0 Å². The minimum Gasteiger partial charge on any atom is -0.383 e. The summed E-state index contributed by atoms with van der Waals surface area (Å²) in [5.41, 5.74) is 6.42. The maximum Gasteiger partial charge on any atom is 0.269 e. The fourth-order valence-electron chi connectivity index (χ4n) is 3.83. The molecule has 0 aliphatic heterocycles. The minimum absolute atomic E-state index is 0.0703. The molecule has 0 spiro atoms. The second kappa shape index (κ2) is 8.59. The molecule has 12 nitrogen and oxygen atoms in total. The van der Waals surface area contributed by atoms with Gasteiger partial charge in [0.2, 0.25) is 0 Å². The van der Waals surface area contributed by atoms with Crippen molar-refractivity contribution < 1.29 is 8.91 Å². The van der Waals surface area contributed by atoms with Gasteiger partial charge in [0.05, 0.1) is 17.9 Å². The molecule has 178 valence electrons. The van der Waals surface area contributed by atoms with E-state index in [1.807, 2.05) is 6.92 Å². The van der Waals surface area contributed by atoms with Crippen LogP contribution in [0.25, 0.3) is 28.2 Å². The number of fused-ring (bicyclic) bond motifs is 1. The van der Waals surface area contributed by atoms with E-state index in [2.05, 4.69) is 30.5 Å². The summed E-state index contributed by atoms with van der Waals surface area (Å²) in [6.07, 6.45) is 3.16. The van der Waals surface area contributed by atoms with Gasteiger partial charge in [0, 0.05) is 7.05 Å². The highest BCUT2D eigenvalue weighted by molar-refractivity contribution is 5.79. The maximum atomic E-state index is 14.9. The van der Waals surface area contributed by atoms with E-state index in [4.69, 9.17) is 15.2 Å². The molecule has 0 saturated heterocycles. The highest BCUT2D eigenvalue weighted by atomic mass is 19.1. The van der Waals surface area contributed by atoms with E-state index in [1.54, 1.807) is 26.1 Å². The molecule has 13 heteroatoms. The lowest BCUT2D eigenvalue weighted by Crippen LogP contribution is -2.29. The van der Waals surface area contributed by atoms with Crippen LogP contribution in [0.4, 0.5) is 16.0 Å². The third kappa shape index (κ3) is 3.76. The van der Waals surface area contributed by atoms with Crippen molar-refractivity contribution in [2.24, 2.45) is 7.05 Å². The van der Waals surface area contributed by atoms with Gasteiger partial charge >= 0.3 is 0 Å². The number of nitrogens with two attached hydrogens (primary N) is 1. The largest absolute Gasteiger partial charge is 0.383 e. The molecule has 0 saturated carbocycles. The van der Waals surface area contributed by atoms with Crippen molar-refractivity contribution in [3.8, 4) is 17.1 Å². The average Bonchev–Trinajstić information content (AvgIpc) is 3.44. The van der Waals surface area contributed by atoms with Crippen LogP contribution in [-0.2, 0) is 7.05 Å². The quantitative estimate of drug-likeness (QED) is 0.373. The van der Waals surface area contributed by atoms with Crippen molar-refractivity contribution in [1.82, 2.24) is 39.4 Å². The molecule has 5 aromatic rings. The van der Waals surface area contributed by atoms with Crippen LogP contribution in [0.1, 0.15) is 31.0 Å². The number of anilines is 2. The first-order chi connectivity index (χ1) is 16.9. The second-order valence-corrected chi connectivity index (χ2v) is 7.80. The molecule has 0 bridgehead atoms. The number of rotatable bonds is 6. The van der Waals surface area contributed by atoms with Crippen LogP contribution >= 0.6 is 0 Å². The summed E-state index contributed by atoms with van der Waals surface area (Å²) >= 11 is 0. The number of nitrogens with zero attached hydrogens (tertiary/aromatic N) is 8. The van der Waals surface area contributed by atoms with Gasteiger partial charge in [-0.2, -0.15) is 10.1 Å². The first kappa shape index (κ1) is 22.1. The molecule has 4 heterocycles. The molecule has 3 N–H and O–H groups in total. The SMILES string of the molecule is CC[C@H](Nc1ncnc(N)c1-c1nc(C)no1)c1nc2c(cnn2C)c(=O)n1-c1ccccc1F. The van der Waals surface area contributed by atoms with Crippen molar-refractivity contribution in [1.29, 1.82) is 0 Å². The van der Waals surface area contributed by atoms with Crippen molar-refractivity contribution in [3.63, 3.8) is 0 Å². The number of nitrogens with one attached hydrogen (secondary N) is 1. The Bertz CT molecular complexity index is 1610. The molecule has 0 unspecified atom stereocenters. The molecule has 4 aromatic heterocycles. The summed E-state index contributed by atoms with van der Waals surface area (Å²) < 4.78 is 22.9. The Labute approximate surface area is 197 Å². The van der Waals surface area contributed by atoms with E-state index in [-0.39, 0.29) is 28.6 Å². The Morgan fingerprint density at radius 1 is 1.23 bits per heavy atom. The third-order valence-corrected chi connectivity index (χ3v) is 5.53. The Morgan fingerprint density at radius 2 is 2.03 bits per heavy atom. The van der Waals surface area contributed by atoms with Gasteiger partial charge in [0.25, 0.3) is 11.4 Å². The summed E-state index contributed by atoms with van der Waals surface area (Å²) in [5, 5.41) is 11.5. The van der Waals surface area contributed by atoms with Crippen molar-refractivity contribution >= 4 is 22.7 Å². The lowest BCUT2D eigenvalue weighted by atomic mass is 10.1. The van der Waals surface area contributed by atoms with Gasteiger partial charge < -0.3 is 15.6 Å². The molecule has 1 atom stereocenters. The first-order valence-electron chi connectivity index (χ1n) is 10.8. The monoisotopic (exact) mass is 476 g/mol. The standard InChI is InChI=1S/C22H21FN10O2/c1-4-14(29-18-16(17(24)25-10-26-18)21-28-11(2)31-35-21)20-30-19-12(9-27-32(19)3)22(34)33(20)15-8-6-5-7-13(15)23/h5-10,14H,4H2,1-3H3,(H3,24,25,26,29)/t14-/m0/s1. The van der Waals surface area contributed by atoms with E-state index in [9.17, 15) is 9.18 Å². The number of nitrogen functional groups attached to an aromatic ring is 1. The lowest BCUT2D eigenvalue weighted by molar-refractivity contribution is 0.425. The number of hydrogen-bond donors (Lipinski definition) is 2. The van der Waals surface area contributed by atoms with Crippen LogP contribution in [0.5, 0.6) is 0 Å². The number of hydrogen-bond acceptors (Lipinski definition) is 10. The Morgan fingerprint density at radius 3 is 2.74 bits per heavy atom. The molecular weight excluding hydrogens is 455 g/mol. The zero-order chi connectivity index (χ0) is 24.7. The smallest absolute Gasteiger partial charge is 0.269 e. The molecule has 0 radical (unpaired) electrons. The summed E-state index contributed by atoms with van der Waals surface area (Å²) in [7, 11) is 1.68. The van der Waals surface area contributed by atoms with E-state index < -0.39 is 17.4 Å². The van der Waals surface area contributed by atoms with Crippen molar-refractivity contribution in [2.75, 3.05) is 11.1 Å². The zero-order valence-corrected chi connectivity index (χ0v) is 19.1. The van der Waals surface area contributed by atoms with Crippen LogP contribution in [0.3, 0.4) is 0 Å². The molecule has 0 fully saturated rings. The highest BCUT2D eigenvalue weighted by Gasteiger charge is 2.26. The van der Waals surface area contributed by atoms with E-state index in [0.29, 0.717) is 29.3 Å². The van der Waals surface area contributed by atoms with Crippen molar-refractivity contribution in [3.05, 3.63) is 64.6 Å². The van der Waals surface area contributed by atoms with Crippen molar-refractivity contribution in [2.45, 2.75) is 26.3 Å². The topological polar surface area (TPSA) is 155 Å². The maximum absolute atomic E-state index is 14.9. The summed E-state index contributed by atoms with van der Waals surface area (Å²) in [5.74, 6) is 0.681. The third-order valence-electron chi connectivity index (χ3n) is 5.53. The van der Waals surface area contributed by atoms with E-state index in [1.165, 1.54) is 33.9 Å². The highest BCUT2D eigenvalue weighted by Crippen LogP contribution is 2.32. The fraction of sp³-hybridized carbons (Fsp3) is 0.227. The molecule has 5 rings (SSSR count). The number of para-hydroxylation sites is 1. The van der Waals surface area contributed by atoms with Crippen LogP contribution in [-0.4, -0.2) is 39.4 Å². The lowest BCUT2D eigenvalue weighted by Gasteiger charge is -2.22. The summed E-state index contributed by atoms with van der Waals surface area (Å²) in [6, 6.07) is 5.41. The predicted octanol–water partition coefficient (Wildman–Crippen LogP) is 2.55. The zero-order valence-electron chi connectivity index (χ0n) is 19.1. The van der Waals surface area contributed by atoms with Gasteiger partial charge in [-0.1, -0.05) is 24.2 Å². The number of benzene rings is 1. The average molecular weight is 476 g/mol. The predicted molar refractivity (Wildman–Crippen MR) is 125 cm³/mol. The molecule has 0 amide bonds. The van der Waals surface area contributed by atoms with E-state index >= 15 is 0 Å². The number of aryl methyl sites for hydroxylation is 2. The van der Waals surface area contributed by atoms with Crippen LogP contribution in [0.15, 0.2) is 46.1 Å². The minimum atomic E-state index is -0.598. The molecule has 1 aromatic carbocycles. The Hall–Kier alpha value is -4.68. The Balaban J connectivity index is 1.71. The number of aromatic nitrogens is 8. The molecule has 35 heavy (non-hydrogen) atoms. The van der Waals surface area contributed by atoms with Crippen LogP contribution in [0.2, 0.25) is 0 Å². The van der Waals surface area contributed by atoms with E-state index in [0.717, 1.165) is 0 Å². The molecule has 0 aliphatic rings. The summed E-state index contributed by atoms with van der Waals surface area (Å²) in [4.78, 5) is 30.8. The summed E-state index contributed by atoms with van der Waals surface area (Å²) in [6.45, 7) is 3.57. The van der Waals surface area contributed by atoms with Gasteiger partial charge in [-0.05, 0) is 25.5 Å². The Kier molecular flexibility index (Phi) is 5.43.